The molecule has 0 heterocycles. The summed E-state index contributed by atoms with van der Waals surface area (Å²) in [6.45, 7) is 4.74. The van der Waals surface area contributed by atoms with Crippen LogP contribution < -0.4 is 0 Å². The molecule has 44 heavy (non-hydrogen) atoms. The Labute approximate surface area is 265 Å². The Morgan fingerprint density at radius 2 is 1.36 bits per heavy atom. The van der Waals surface area contributed by atoms with Crippen molar-refractivity contribution >= 4 is 5.57 Å². The Bertz CT molecular complexity index is 1600. The van der Waals surface area contributed by atoms with E-state index in [0.717, 1.165) is 37.2 Å². The predicted octanol–water partition coefficient (Wildman–Crippen LogP) is 10.8. The van der Waals surface area contributed by atoms with Crippen molar-refractivity contribution in [1.82, 2.24) is 0 Å². The third-order valence-corrected chi connectivity index (χ3v) is 9.86. The average molecular weight is 573 g/mol. The molecule has 2 unspecified atom stereocenters. The molecule has 2 aliphatic rings. The summed E-state index contributed by atoms with van der Waals surface area (Å²) < 4.78 is 0. The second-order valence-electron chi connectivity index (χ2n) is 12.9. The molecule has 6 rings (SSSR count). The lowest BCUT2D eigenvalue weighted by Crippen LogP contribution is -2.23. The molecule has 2 atom stereocenters. The number of benzene rings is 4. The first-order chi connectivity index (χ1) is 21.6. The fourth-order valence-electron chi connectivity index (χ4n) is 7.40. The molecule has 0 heteroatoms. The Hall–Kier alpha value is -4.34. The largest absolute Gasteiger partial charge is 0.115 e. The molecular weight excluding hydrogens is 528 g/mol. The van der Waals surface area contributed by atoms with Crippen LogP contribution in [-0.4, -0.2) is 0 Å². The zero-order chi connectivity index (χ0) is 30.1. The summed E-state index contributed by atoms with van der Waals surface area (Å²) in [7, 11) is 0. The van der Waals surface area contributed by atoms with Crippen LogP contribution in [0.1, 0.15) is 71.4 Å². The third kappa shape index (κ3) is 7.59. The molecule has 4 aromatic rings. The zero-order valence-corrected chi connectivity index (χ0v) is 25.9. The molecule has 0 aliphatic heterocycles. The van der Waals surface area contributed by atoms with Gasteiger partial charge in [0.1, 0.15) is 0 Å². The molecule has 0 spiro atoms. The zero-order valence-electron chi connectivity index (χ0n) is 25.9. The third-order valence-electron chi connectivity index (χ3n) is 9.86. The van der Waals surface area contributed by atoms with Gasteiger partial charge in [0.15, 0.2) is 0 Å². The second-order valence-corrected chi connectivity index (χ2v) is 12.9. The lowest BCUT2D eigenvalue weighted by Gasteiger charge is -2.35. The number of hydrogen-bond donors (Lipinski definition) is 0. The van der Waals surface area contributed by atoms with Crippen LogP contribution >= 0.6 is 0 Å². The first kappa shape index (κ1) is 29.7. The van der Waals surface area contributed by atoms with Crippen molar-refractivity contribution in [2.75, 3.05) is 0 Å². The molecule has 0 nitrogen and oxygen atoms in total. The van der Waals surface area contributed by atoms with Gasteiger partial charge in [0, 0.05) is 11.5 Å². The monoisotopic (exact) mass is 572 g/mol. The van der Waals surface area contributed by atoms with Gasteiger partial charge in [-0.2, -0.15) is 0 Å². The Morgan fingerprint density at radius 1 is 0.727 bits per heavy atom. The maximum absolute atomic E-state index is 5.56. The van der Waals surface area contributed by atoms with Crippen molar-refractivity contribution in [1.29, 1.82) is 0 Å². The number of aryl methyl sites for hydroxylation is 1. The summed E-state index contributed by atoms with van der Waals surface area (Å²) in [5.41, 5.74) is 10.6. The van der Waals surface area contributed by atoms with E-state index in [4.69, 9.17) is 13.0 Å². The minimum Gasteiger partial charge on any atom is -0.115 e. The fourth-order valence-corrected chi connectivity index (χ4v) is 7.40. The summed E-state index contributed by atoms with van der Waals surface area (Å²) in [6.07, 6.45) is 22.0. The van der Waals surface area contributed by atoms with Gasteiger partial charge in [-0.25, -0.2) is 0 Å². The number of terminal acetylenes is 1. The highest BCUT2D eigenvalue weighted by atomic mass is 14.3. The van der Waals surface area contributed by atoms with Crippen LogP contribution in [0.25, 0.3) is 5.57 Å². The van der Waals surface area contributed by atoms with E-state index in [2.05, 4.69) is 133 Å². The smallest absolute Gasteiger partial charge is 0.0242 e. The van der Waals surface area contributed by atoms with Gasteiger partial charge in [0.2, 0.25) is 0 Å². The molecule has 0 bridgehead atoms. The first-order valence-electron chi connectivity index (χ1n) is 16.5. The van der Waals surface area contributed by atoms with Crippen LogP contribution in [0.3, 0.4) is 0 Å². The van der Waals surface area contributed by atoms with Crippen LogP contribution in [0, 0.1) is 30.1 Å². The summed E-state index contributed by atoms with van der Waals surface area (Å²) in [5, 5.41) is 0. The van der Waals surface area contributed by atoms with Gasteiger partial charge in [-0.3, -0.25) is 0 Å². The Kier molecular flexibility index (Phi) is 9.74. The summed E-state index contributed by atoms with van der Waals surface area (Å²) >= 11 is 0. The number of rotatable bonds is 11. The maximum Gasteiger partial charge on any atom is 0.0242 e. The quantitative estimate of drug-likeness (QED) is 0.124. The minimum absolute atomic E-state index is 0.405. The molecular formula is C44H44. The number of hydrogen-bond acceptors (Lipinski definition) is 0. The van der Waals surface area contributed by atoms with Gasteiger partial charge in [-0.05, 0) is 115 Å². The number of allylic oxidation sites excluding steroid dienone is 5. The first-order valence-corrected chi connectivity index (χ1v) is 16.5. The predicted molar refractivity (Wildman–Crippen MR) is 187 cm³/mol. The van der Waals surface area contributed by atoms with E-state index in [9.17, 15) is 0 Å². The molecule has 0 saturated heterocycles. The summed E-state index contributed by atoms with van der Waals surface area (Å²) in [4.78, 5) is 0. The highest BCUT2D eigenvalue weighted by Crippen LogP contribution is 2.44. The average Bonchev–Trinajstić information content (AvgIpc) is 3.55. The van der Waals surface area contributed by atoms with Gasteiger partial charge < -0.3 is 0 Å². The molecule has 1 fully saturated rings. The van der Waals surface area contributed by atoms with Crippen LogP contribution in [-0.2, 0) is 19.3 Å². The van der Waals surface area contributed by atoms with E-state index in [0.29, 0.717) is 17.8 Å². The van der Waals surface area contributed by atoms with Crippen molar-refractivity contribution in [2.45, 2.75) is 57.3 Å². The molecule has 0 aromatic heterocycles. The van der Waals surface area contributed by atoms with Crippen LogP contribution in [0.2, 0.25) is 0 Å². The van der Waals surface area contributed by atoms with Crippen LogP contribution in [0.4, 0.5) is 0 Å². The molecule has 220 valence electrons. The van der Waals surface area contributed by atoms with Crippen LogP contribution in [0.5, 0.6) is 0 Å². The Balaban J connectivity index is 1.14. The molecule has 2 aliphatic carbocycles. The van der Waals surface area contributed by atoms with Gasteiger partial charge >= 0.3 is 0 Å². The lowest BCUT2D eigenvalue weighted by molar-refractivity contribution is 0.252. The van der Waals surface area contributed by atoms with E-state index in [1.807, 2.05) is 0 Å². The maximum atomic E-state index is 5.56. The second kappa shape index (κ2) is 14.4. The van der Waals surface area contributed by atoms with E-state index in [1.54, 1.807) is 0 Å². The molecule has 0 N–H and O–H groups in total. The van der Waals surface area contributed by atoms with Crippen molar-refractivity contribution in [2.24, 2.45) is 17.8 Å². The SMILES string of the molecule is C#Cc1ccc(CC2CCC(C(C(=C)CCc3ccccc3)c3ccc(C4=CC(Cc5ccccc5)C=C4)cc3)CC2)cc1. The van der Waals surface area contributed by atoms with E-state index >= 15 is 0 Å². The summed E-state index contributed by atoms with van der Waals surface area (Å²) in [6, 6.07) is 39.8. The van der Waals surface area contributed by atoms with E-state index < -0.39 is 0 Å². The van der Waals surface area contributed by atoms with Gasteiger partial charge in [0.25, 0.3) is 0 Å². The van der Waals surface area contributed by atoms with Crippen molar-refractivity contribution < 1.29 is 0 Å². The van der Waals surface area contributed by atoms with Gasteiger partial charge in [-0.15, -0.1) is 6.42 Å². The minimum atomic E-state index is 0.405. The topological polar surface area (TPSA) is 0 Å². The van der Waals surface area contributed by atoms with Crippen molar-refractivity contribution in [3.8, 4) is 12.3 Å². The van der Waals surface area contributed by atoms with E-state index in [1.165, 1.54) is 64.6 Å². The fraction of sp³-hybridized carbons (Fsp3) is 0.273. The van der Waals surface area contributed by atoms with Crippen molar-refractivity contribution in [3.63, 3.8) is 0 Å². The lowest BCUT2D eigenvalue weighted by atomic mass is 9.69. The highest BCUT2D eigenvalue weighted by Gasteiger charge is 2.30. The molecule has 0 amide bonds. The van der Waals surface area contributed by atoms with Crippen LogP contribution in [0.15, 0.2) is 140 Å². The van der Waals surface area contributed by atoms with Crippen molar-refractivity contribution in [3.05, 3.63) is 173 Å². The summed E-state index contributed by atoms with van der Waals surface area (Å²) in [5.74, 6) is 4.99. The normalized spacial score (nSPS) is 20.1. The van der Waals surface area contributed by atoms with E-state index in [-0.39, 0.29) is 0 Å². The molecule has 1 saturated carbocycles. The molecule has 0 radical (unpaired) electrons. The highest BCUT2D eigenvalue weighted by molar-refractivity contribution is 5.77. The Morgan fingerprint density at radius 3 is 2.02 bits per heavy atom. The molecule has 4 aromatic carbocycles. The van der Waals surface area contributed by atoms with Gasteiger partial charge in [0.05, 0.1) is 0 Å². The standard InChI is InChI=1S/C44H44/c1-3-34-16-18-37(19-17-34)30-38-20-23-41(24-21-38)44(33(2)14-15-35-10-6-4-7-11-35)42-28-26-40(27-29-42)43-25-22-39(32-43)31-36-12-8-5-9-13-36/h1,4-13,16-19,22,25-29,32,38-39,41,44H,2,14-15,20-21,23-24,30-31H2. The van der Waals surface area contributed by atoms with Gasteiger partial charge in [-0.1, -0.05) is 133 Å².